The molecule has 1 aliphatic carbocycles. The summed E-state index contributed by atoms with van der Waals surface area (Å²) >= 11 is 5.91. The van der Waals surface area contributed by atoms with Crippen molar-refractivity contribution in [2.45, 2.75) is 31.3 Å². The summed E-state index contributed by atoms with van der Waals surface area (Å²) in [6, 6.07) is 12.0. The number of halogens is 2. The molecule has 1 unspecified atom stereocenters. The summed E-state index contributed by atoms with van der Waals surface area (Å²) in [6.45, 7) is 0. The van der Waals surface area contributed by atoms with Crippen molar-refractivity contribution in [2.75, 3.05) is 0 Å². The Hall–Kier alpha value is -1.38. The van der Waals surface area contributed by atoms with Crippen LogP contribution in [0.15, 0.2) is 42.5 Å². The van der Waals surface area contributed by atoms with Gasteiger partial charge in [-0.15, -0.1) is 0 Å². The topological polar surface area (TPSA) is 20.2 Å². The van der Waals surface area contributed by atoms with Gasteiger partial charge in [-0.3, -0.25) is 0 Å². The second-order valence-corrected chi connectivity index (χ2v) is 5.76. The maximum Gasteiger partial charge on any atom is 0.129 e. The standard InChI is InChI=1S/C17H16ClFO/c18-12-8-9-16(19)15(10-12)17(20)14-7-2-1-6-13(14)11-4-3-5-11/h1-2,6-11,17,20H,3-5H2. The number of hydrogen-bond donors (Lipinski definition) is 1. The van der Waals surface area contributed by atoms with Gasteiger partial charge in [0.15, 0.2) is 0 Å². The van der Waals surface area contributed by atoms with Crippen LogP contribution in [0.1, 0.15) is 48.0 Å². The highest BCUT2D eigenvalue weighted by molar-refractivity contribution is 6.30. The van der Waals surface area contributed by atoms with E-state index in [-0.39, 0.29) is 5.56 Å². The Labute approximate surface area is 123 Å². The molecule has 1 nitrogen and oxygen atoms in total. The number of aliphatic hydroxyl groups is 1. The number of rotatable bonds is 3. The van der Waals surface area contributed by atoms with Gasteiger partial charge < -0.3 is 5.11 Å². The van der Waals surface area contributed by atoms with Gasteiger partial charge in [0.1, 0.15) is 11.9 Å². The lowest BCUT2D eigenvalue weighted by atomic mass is 9.77. The SMILES string of the molecule is OC(c1cc(Cl)ccc1F)c1ccccc1C1CCC1. The van der Waals surface area contributed by atoms with Crippen LogP contribution in [0.5, 0.6) is 0 Å². The third-order valence-electron chi connectivity index (χ3n) is 4.09. The molecule has 2 aromatic rings. The third kappa shape index (κ3) is 2.46. The van der Waals surface area contributed by atoms with E-state index < -0.39 is 11.9 Å². The van der Waals surface area contributed by atoms with Crippen LogP contribution in [-0.2, 0) is 0 Å². The van der Waals surface area contributed by atoms with E-state index in [0.29, 0.717) is 10.9 Å². The molecule has 1 saturated carbocycles. The Kier molecular flexibility index (Phi) is 3.77. The molecule has 2 aromatic carbocycles. The highest BCUT2D eigenvalue weighted by Crippen LogP contribution is 2.41. The van der Waals surface area contributed by atoms with Gasteiger partial charge in [-0.05, 0) is 48.1 Å². The summed E-state index contributed by atoms with van der Waals surface area (Å²) in [5.74, 6) is 0.0633. The summed E-state index contributed by atoms with van der Waals surface area (Å²) in [4.78, 5) is 0. The Morgan fingerprint density at radius 3 is 2.55 bits per heavy atom. The van der Waals surface area contributed by atoms with E-state index in [2.05, 4.69) is 0 Å². The van der Waals surface area contributed by atoms with Crippen molar-refractivity contribution in [3.05, 3.63) is 70.0 Å². The molecule has 0 heterocycles. The molecule has 0 aliphatic heterocycles. The highest BCUT2D eigenvalue weighted by Gasteiger charge is 2.25. The second-order valence-electron chi connectivity index (χ2n) is 5.33. The lowest BCUT2D eigenvalue weighted by molar-refractivity contribution is 0.212. The minimum Gasteiger partial charge on any atom is -0.384 e. The Morgan fingerprint density at radius 2 is 1.85 bits per heavy atom. The molecule has 0 radical (unpaired) electrons. The summed E-state index contributed by atoms with van der Waals surface area (Å²) in [5, 5.41) is 11.0. The molecule has 0 spiro atoms. The molecule has 1 aliphatic rings. The fraction of sp³-hybridized carbons (Fsp3) is 0.294. The maximum atomic E-state index is 13.9. The molecule has 0 saturated heterocycles. The summed E-state index contributed by atoms with van der Waals surface area (Å²) in [6.07, 6.45) is 2.54. The summed E-state index contributed by atoms with van der Waals surface area (Å²) in [7, 11) is 0. The van der Waals surface area contributed by atoms with E-state index in [0.717, 1.165) is 24.0 Å². The number of hydrogen-bond acceptors (Lipinski definition) is 1. The van der Waals surface area contributed by atoms with E-state index in [4.69, 9.17) is 11.6 Å². The third-order valence-corrected chi connectivity index (χ3v) is 4.32. The van der Waals surface area contributed by atoms with E-state index in [9.17, 15) is 9.50 Å². The molecule has 1 fully saturated rings. The van der Waals surface area contributed by atoms with Crippen molar-refractivity contribution >= 4 is 11.6 Å². The van der Waals surface area contributed by atoms with Crippen molar-refractivity contribution in [3.8, 4) is 0 Å². The van der Waals surface area contributed by atoms with E-state index >= 15 is 0 Å². The van der Waals surface area contributed by atoms with Gasteiger partial charge in [-0.2, -0.15) is 0 Å². The Morgan fingerprint density at radius 1 is 1.10 bits per heavy atom. The lowest BCUT2D eigenvalue weighted by Gasteiger charge is -2.29. The van der Waals surface area contributed by atoms with E-state index in [1.54, 1.807) is 0 Å². The molecule has 0 amide bonds. The predicted molar refractivity (Wildman–Crippen MR) is 78.5 cm³/mol. The zero-order valence-electron chi connectivity index (χ0n) is 11.0. The molecule has 104 valence electrons. The molecule has 0 aromatic heterocycles. The van der Waals surface area contributed by atoms with Crippen LogP contribution in [0.2, 0.25) is 5.02 Å². The minimum absolute atomic E-state index is 0.240. The first kappa shape index (κ1) is 13.6. The maximum absolute atomic E-state index is 13.9. The molecule has 3 rings (SSSR count). The van der Waals surface area contributed by atoms with Crippen LogP contribution in [0.25, 0.3) is 0 Å². The van der Waals surface area contributed by atoms with E-state index in [1.165, 1.54) is 24.6 Å². The predicted octanol–water partition coefficient (Wildman–Crippen LogP) is 4.83. The fourth-order valence-electron chi connectivity index (χ4n) is 2.74. The van der Waals surface area contributed by atoms with Crippen LogP contribution < -0.4 is 0 Å². The van der Waals surface area contributed by atoms with Gasteiger partial charge in [-0.1, -0.05) is 42.3 Å². The average molecular weight is 291 g/mol. The monoisotopic (exact) mass is 290 g/mol. The van der Waals surface area contributed by atoms with Crippen molar-refractivity contribution < 1.29 is 9.50 Å². The smallest absolute Gasteiger partial charge is 0.129 e. The van der Waals surface area contributed by atoms with Crippen molar-refractivity contribution in [1.82, 2.24) is 0 Å². The van der Waals surface area contributed by atoms with Gasteiger partial charge in [0.05, 0.1) is 0 Å². The lowest BCUT2D eigenvalue weighted by Crippen LogP contribution is -2.14. The minimum atomic E-state index is -0.967. The first-order valence-corrected chi connectivity index (χ1v) is 7.26. The molecule has 1 N–H and O–H groups in total. The average Bonchev–Trinajstić information content (AvgIpc) is 2.39. The summed E-state index contributed by atoms with van der Waals surface area (Å²) in [5.41, 5.74) is 2.16. The van der Waals surface area contributed by atoms with E-state index in [1.807, 2.05) is 24.3 Å². The quantitative estimate of drug-likeness (QED) is 0.858. The fourth-order valence-corrected chi connectivity index (χ4v) is 2.92. The number of benzene rings is 2. The molecule has 3 heteroatoms. The summed E-state index contributed by atoms with van der Waals surface area (Å²) < 4.78 is 13.9. The zero-order chi connectivity index (χ0) is 14.1. The van der Waals surface area contributed by atoms with Crippen LogP contribution in [0, 0.1) is 5.82 Å². The Balaban J connectivity index is 2.01. The largest absolute Gasteiger partial charge is 0.384 e. The first-order valence-electron chi connectivity index (χ1n) is 6.88. The van der Waals surface area contributed by atoms with Gasteiger partial charge in [0.2, 0.25) is 0 Å². The van der Waals surface area contributed by atoms with Gasteiger partial charge >= 0.3 is 0 Å². The molecule has 0 bridgehead atoms. The van der Waals surface area contributed by atoms with Crippen LogP contribution >= 0.6 is 11.6 Å². The molecule has 1 atom stereocenters. The number of aliphatic hydroxyl groups excluding tert-OH is 1. The van der Waals surface area contributed by atoms with Gasteiger partial charge in [0, 0.05) is 10.6 Å². The van der Waals surface area contributed by atoms with Crippen molar-refractivity contribution in [2.24, 2.45) is 0 Å². The Bertz CT molecular complexity index is 622. The van der Waals surface area contributed by atoms with Crippen LogP contribution in [0.4, 0.5) is 4.39 Å². The van der Waals surface area contributed by atoms with Gasteiger partial charge in [0.25, 0.3) is 0 Å². The van der Waals surface area contributed by atoms with Crippen LogP contribution in [-0.4, -0.2) is 5.11 Å². The van der Waals surface area contributed by atoms with Gasteiger partial charge in [-0.25, -0.2) is 4.39 Å². The van der Waals surface area contributed by atoms with Crippen LogP contribution in [0.3, 0.4) is 0 Å². The highest BCUT2D eigenvalue weighted by atomic mass is 35.5. The second kappa shape index (κ2) is 5.55. The molecule has 20 heavy (non-hydrogen) atoms. The van der Waals surface area contributed by atoms with Crippen molar-refractivity contribution in [1.29, 1.82) is 0 Å². The molecular formula is C17H16ClFO. The molecular weight excluding hydrogens is 275 g/mol. The van der Waals surface area contributed by atoms with Crippen molar-refractivity contribution in [3.63, 3.8) is 0 Å². The zero-order valence-corrected chi connectivity index (χ0v) is 11.8. The normalized spacial score (nSPS) is 16.8. The first-order chi connectivity index (χ1) is 9.66.